The van der Waals surface area contributed by atoms with E-state index in [0.29, 0.717) is 11.8 Å². The van der Waals surface area contributed by atoms with Crippen LogP contribution in [0.5, 0.6) is 0 Å². The van der Waals surface area contributed by atoms with Crippen molar-refractivity contribution in [3.63, 3.8) is 0 Å². The first-order chi connectivity index (χ1) is 22.1. The van der Waals surface area contributed by atoms with Crippen molar-refractivity contribution in [1.82, 2.24) is 0 Å². The van der Waals surface area contributed by atoms with Gasteiger partial charge in [-0.1, -0.05) is 64.1 Å². The van der Waals surface area contributed by atoms with E-state index < -0.39 is 36.6 Å². The predicted octanol–water partition coefficient (Wildman–Crippen LogP) is 9.64. The summed E-state index contributed by atoms with van der Waals surface area (Å²) in [5, 5.41) is 0. The van der Waals surface area contributed by atoms with Crippen LogP contribution in [-0.2, 0) is 18.6 Å². The van der Waals surface area contributed by atoms with Crippen LogP contribution in [0, 0.1) is 27.7 Å². The Labute approximate surface area is 291 Å². The molecule has 0 aromatic carbocycles. The maximum absolute atomic E-state index is 6.93. The minimum atomic E-state index is -0.537. The molecule has 2 fully saturated rings. The summed E-state index contributed by atoms with van der Waals surface area (Å²) in [6, 6.07) is 14.0. The van der Waals surface area contributed by atoms with Gasteiger partial charge >= 0.3 is 14.2 Å². The molecule has 0 saturated carbocycles. The maximum Gasteiger partial charge on any atom is 0.495 e. The molecular weight excluding hydrogens is 590 g/mol. The fourth-order valence-electron chi connectivity index (χ4n) is 7.55. The second kappa shape index (κ2) is 11.5. The minimum Gasteiger partial charge on any atom is -0.399 e. The number of hydrogen-bond acceptors (Lipinski definition) is 4. The molecule has 2 saturated heterocycles. The fraction of sp³-hybridized carbons (Fsp3) is 0.524. The van der Waals surface area contributed by atoms with Crippen molar-refractivity contribution in [2.45, 2.75) is 145 Å². The lowest BCUT2D eigenvalue weighted by Crippen LogP contribution is -2.41. The zero-order valence-electron chi connectivity index (χ0n) is 32.4. The molecule has 0 radical (unpaired) electrons. The van der Waals surface area contributed by atoms with E-state index in [9.17, 15) is 0 Å². The van der Waals surface area contributed by atoms with Crippen molar-refractivity contribution < 1.29 is 18.6 Å². The third-order valence-electron chi connectivity index (χ3n) is 12.2. The summed E-state index contributed by atoms with van der Waals surface area (Å²) in [6.45, 7) is 35.2. The third kappa shape index (κ3) is 5.29. The van der Waals surface area contributed by atoms with Crippen LogP contribution in [0.4, 0.5) is 0 Å². The van der Waals surface area contributed by atoms with Crippen molar-refractivity contribution in [2.24, 2.45) is 0 Å². The van der Waals surface area contributed by atoms with Gasteiger partial charge in [0.05, 0.1) is 22.4 Å². The normalized spacial score (nSPS) is 19.9. The summed E-state index contributed by atoms with van der Waals surface area (Å²) >= 11 is 0. The van der Waals surface area contributed by atoms with Crippen LogP contribution >= 0.6 is 0 Å². The molecule has 0 unspecified atom stereocenters. The lowest BCUT2D eigenvalue weighted by Gasteiger charge is -2.32. The van der Waals surface area contributed by atoms with Gasteiger partial charge in [0.1, 0.15) is 0 Å². The van der Waals surface area contributed by atoms with Gasteiger partial charge in [-0.3, -0.25) is 0 Å². The van der Waals surface area contributed by atoms with Crippen molar-refractivity contribution in [1.29, 1.82) is 0 Å². The number of aryl methyl sites for hydroxylation is 2. The highest BCUT2D eigenvalue weighted by Crippen LogP contribution is 2.50. The molecule has 4 aliphatic carbocycles. The van der Waals surface area contributed by atoms with E-state index >= 15 is 0 Å². The Kier molecular flexibility index (Phi) is 8.40. The maximum atomic E-state index is 6.93. The molecule has 0 spiro atoms. The van der Waals surface area contributed by atoms with Crippen LogP contribution in [0.1, 0.15) is 128 Å². The van der Waals surface area contributed by atoms with E-state index in [1.54, 1.807) is 0 Å². The number of hydrogen-bond donors (Lipinski definition) is 0. The molecule has 4 nitrogen and oxygen atoms in total. The first-order valence-corrected chi connectivity index (χ1v) is 17.9. The summed E-state index contributed by atoms with van der Waals surface area (Å²) in [6.07, 6.45) is 0. The van der Waals surface area contributed by atoms with Crippen molar-refractivity contribution in [3.8, 4) is 33.4 Å². The highest BCUT2D eigenvalue weighted by atomic mass is 16.7. The Bertz CT molecular complexity index is 1680. The molecule has 6 aliphatic rings. The van der Waals surface area contributed by atoms with Crippen LogP contribution in [0.15, 0.2) is 36.4 Å². The quantitative estimate of drug-likeness (QED) is 0.203. The van der Waals surface area contributed by atoms with Gasteiger partial charge in [-0.05, 0) is 173 Å². The van der Waals surface area contributed by atoms with Crippen molar-refractivity contribution >= 4 is 25.2 Å². The molecule has 2 heterocycles. The Morgan fingerprint density at radius 1 is 0.458 bits per heavy atom. The van der Waals surface area contributed by atoms with E-state index in [1.165, 1.54) is 66.8 Å². The lowest BCUT2D eigenvalue weighted by atomic mass is 9.69. The van der Waals surface area contributed by atoms with Gasteiger partial charge in [-0.15, -0.1) is 0 Å². The predicted molar refractivity (Wildman–Crippen MR) is 204 cm³/mol. The summed E-state index contributed by atoms with van der Waals surface area (Å²) in [7, 11) is -1.07. The fourth-order valence-corrected chi connectivity index (χ4v) is 7.55. The molecule has 0 amide bonds. The molecule has 48 heavy (non-hydrogen) atoms. The lowest BCUT2D eigenvalue weighted by molar-refractivity contribution is 0.00578. The van der Waals surface area contributed by atoms with Gasteiger partial charge in [-0.25, -0.2) is 0 Å². The van der Waals surface area contributed by atoms with Crippen LogP contribution in [-0.4, -0.2) is 36.6 Å². The molecule has 6 rings (SSSR count). The number of rotatable bonds is 5. The molecule has 0 atom stereocenters. The SMILES string of the molecule is Cc1ccc(C(C)C)cc2c(C)c(B3OC(C)(C)C(C)(C)O3)c(-c3c(B4OC(C)(C)C(C)(C)O4)c(C)c4cc(C(C)C)ccc(C)c3-4)c1-2. The highest BCUT2D eigenvalue weighted by molar-refractivity contribution is 6.68. The second-order valence-electron chi connectivity index (χ2n) is 17.2. The van der Waals surface area contributed by atoms with E-state index in [2.05, 4.69) is 147 Å². The van der Waals surface area contributed by atoms with E-state index in [-0.39, 0.29) is 0 Å². The van der Waals surface area contributed by atoms with Gasteiger partial charge in [0.15, 0.2) is 0 Å². The molecule has 6 heteroatoms. The van der Waals surface area contributed by atoms with Crippen LogP contribution < -0.4 is 10.9 Å². The van der Waals surface area contributed by atoms with Crippen LogP contribution in [0.2, 0.25) is 0 Å². The first-order valence-electron chi connectivity index (χ1n) is 17.9. The van der Waals surface area contributed by atoms with E-state index in [0.717, 1.165) is 10.9 Å². The zero-order valence-corrected chi connectivity index (χ0v) is 32.4. The molecule has 0 N–H and O–H groups in total. The van der Waals surface area contributed by atoms with Gasteiger partial charge in [-0.2, -0.15) is 0 Å². The molecule has 0 aromatic heterocycles. The Balaban J connectivity index is 1.80. The smallest absolute Gasteiger partial charge is 0.399 e. The molecular formula is C42H56B2O4. The van der Waals surface area contributed by atoms with E-state index in [4.69, 9.17) is 18.6 Å². The zero-order chi connectivity index (χ0) is 35.5. The Hall–Kier alpha value is -2.63. The molecule has 0 aromatic rings. The summed E-state index contributed by atoms with van der Waals surface area (Å²) in [5.41, 5.74) is 15.1. The summed E-state index contributed by atoms with van der Waals surface area (Å²) in [5.74, 6) is 0.771. The van der Waals surface area contributed by atoms with Gasteiger partial charge in [0.25, 0.3) is 0 Å². The first kappa shape index (κ1) is 35.2. The number of fused-ring (bicyclic) bond motifs is 2. The third-order valence-corrected chi connectivity index (χ3v) is 12.2. The van der Waals surface area contributed by atoms with Gasteiger partial charge in [0, 0.05) is 0 Å². The molecule has 0 bridgehead atoms. The van der Waals surface area contributed by atoms with E-state index in [1.807, 2.05) is 0 Å². The average molecular weight is 647 g/mol. The van der Waals surface area contributed by atoms with Crippen LogP contribution in [0.25, 0.3) is 33.4 Å². The second-order valence-corrected chi connectivity index (χ2v) is 17.2. The Morgan fingerprint density at radius 3 is 1.02 bits per heavy atom. The molecule has 254 valence electrons. The average Bonchev–Trinajstić information content (AvgIpc) is 3.43. The standard InChI is InChI=1S/C42H56B2O4/c1-23(2)29-19-17-25(5)33-31(21-29)27(7)37(43-45-39(9,10)40(11,12)46-43)35(33)36-34-26(6)18-20-30(24(3)4)22-32(34)28(8)38(36)44-47-41(13,14)42(15,16)48-44/h17-24H,1-16H3. The monoisotopic (exact) mass is 646 g/mol. The summed E-state index contributed by atoms with van der Waals surface area (Å²) < 4.78 is 27.7. The topological polar surface area (TPSA) is 36.9 Å². The highest BCUT2D eigenvalue weighted by Gasteiger charge is 2.56. The minimum absolute atomic E-state index is 0.385. The van der Waals surface area contributed by atoms with Crippen molar-refractivity contribution in [2.75, 3.05) is 0 Å². The Morgan fingerprint density at radius 2 is 0.750 bits per heavy atom. The van der Waals surface area contributed by atoms with Gasteiger partial charge < -0.3 is 18.6 Å². The van der Waals surface area contributed by atoms with Crippen LogP contribution in [0.3, 0.4) is 0 Å². The van der Waals surface area contributed by atoms with Gasteiger partial charge in [0.2, 0.25) is 0 Å². The molecule has 2 aliphatic heterocycles. The van der Waals surface area contributed by atoms with Crippen molar-refractivity contribution in [3.05, 3.63) is 69.8 Å². The summed E-state index contributed by atoms with van der Waals surface area (Å²) in [4.78, 5) is 0. The largest absolute Gasteiger partial charge is 0.495 e.